The maximum atomic E-state index is 10.6. The molecule has 0 spiro atoms. The number of guanidine groups is 1. The van der Waals surface area contributed by atoms with Crippen LogP contribution in [0.2, 0.25) is 0 Å². The molecule has 0 saturated carbocycles. The van der Waals surface area contributed by atoms with Gasteiger partial charge in [-0.1, -0.05) is 0 Å². The van der Waals surface area contributed by atoms with Crippen LogP contribution >= 0.6 is 11.3 Å². The lowest BCUT2D eigenvalue weighted by molar-refractivity contribution is 0.0616. The number of aryl methyl sites for hydroxylation is 2. The molecule has 0 aromatic carbocycles. The Morgan fingerprint density at radius 1 is 1.43 bits per heavy atom. The molecule has 2 rings (SSSR count). The van der Waals surface area contributed by atoms with E-state index in [-0.39, 0.29) is 0 Å². The van der Waals surface area contributed by atoms with Gasteiger partial charge in [0.1, 0.15) is 10.6 Å². The number of thiazole rings is 1. The van der Waals surface area contributed by atoms with Crippen LogP contribution in [0.4, 0.5) is 0 Å². The van der Waals surface area contributed by atoms with Crippen LogP contribution < -0.4 is 10.6 Å². The monoisotopic (exact) mass is 336 g/mol. The Labute approximate surface area is 140 Å². The second kappa shape index (κ2) is 7.56. The predicted octanol–water partition coefficient (Wildman–Crippen LogP) is 1.15. The first-order chi connectivity index (χ1) is 10.9. The van der Waals surface area contributed by atoms with Gasteiger partial charge in [0.2, 0.25) is 0 Å². The third-order valence-corrected chi connectivity index (χ3v) is 4.21. The van der Waals surface area contributed by atoms with E-state index in [1.807, 2.05) is 33.3 Å². The number of hydrogen-bond acceptors (Lipinski definition) is 5. The highest BCUT2D eigenvalue weighted by Gasteiger charge is 2.24. The standard InChI is InChI=1S/C15H24N6OS/c1-5-16-14(18-8-13-17-6-11(2)23-13)19-10-15(3,22)12-7-20-21(4)9-12/h6-7,9,22H,5,8,10H2,1-4H3,(H2,16,18,19). The zero-order valence-corrected chi connectivity index (χ0v) is 14.8. The minimum absolute atomic E-state index is 0.335. The fraction of sp³-hybridized carbons (Fsp3) is 0.533. The van der Waals surface area contributed by atoms with Crippen LogP contribution in [0.25, 0.3) is 0 Å². The van der Waals surface area contributed by atoms with Crippen molar-refractivity contribution in [2.75, 3.05) is 13.1 Å². The fourth-order valence-electron chi connectivity index (χ4n) is 2.02. The number of aromatic nitrogens is 3. The molecule has 2 aromatic heterocycles. The number of aliphatic imine (C=N–C) groups is 1. The van der Waals surface area contributed by atoms with Gasteiger partial charge in [0, 0.05) is 36.4 Å². The van der Waals surface area contributed by atoms with Gasteiger partial charge in [-0.2, -0.15) is 5.10 Å². The summed E-state index contributed by atoms with van der Waals surface area (Å²) < 4.78 is 1.67. The zero-order chi connectivity index (χ0) is 16.9. The molecule has 0 amide bonds. The molecule has 0 radical (unpaired) electrons. The van der Waals surface area contributed by atoms with E-state index in [2.05, 4.69) is 25.7 Å². The van der Waals surface area contributed by atoms with Crippen LogP contribution in [0.15, 0.2) is 23.6 Å². The topological polar surface area (TPSA) is 87.4 Å². The number of hydrogen-bond donors (Lipinski definition) is 3. The second-order valence-electron chi connectivity index (χ2n) is 5.59. The zero-order valence-electron chi connectivity index (χ0n) is 14.0. The molecule has 23 heavy (non-hydrogen) atoms. The van der Waals surface area contributed by atoms with Crippen molar-refractivity contribution in [1.82, 2.24) is 25.4 Å². The van der Waals surface area contributed by atoms with Crippen molar-refractivity contribution in [2.24, 2.45) is 12.0 Å². The Hall–Kier alpha value is -1.93. The number of rotatable bonds is 6. The molecule has 0 bridgehead atoms. The summed E-state index contributed by atoms with van der Waals surface area (Å²) in [5, 5.41) is 22.0. The molecule has 0 aliphatic carbocycles. The third-order valence-electron chi connectivity index (χ3n) is 3.31. The Balaban J connectivity index is 1.98. The number of nitrogens with zero attached hydrogens (tertiary/aromatic N) is 4. The smallest absolute Gasteiger partial charge is 0.191 e. The summed E-state index contributed by atoms with van der Waals surface area (Å²) in [6.45, 7) is 7.39. The maximum absolute atomic E-state index is 10.6. The molecule has 0 aliphatic heterocycles. The molecule has 0 saturated heterocycles. The van der Waals surface area contributed by atoms with E-state index in [0.717, 1.165) is 17.1 Å². The van der Waals surface area contributed by atoms with Gasteiger partial charge in [-0.3, -0.25) is 4.68 Å². The maximum Gasteiger partial charge on any atom is 0.191 e. The van der Waals surface area contributed by atoms with E-state index in [0.29, 0.717) is 19.0 Å². The highest BCUT2D eigenvalue weighted by atomic mass is 32.1. The van der Waals surface area contributed by atoms with Crippen LogP contribution in [-0.4, -0.2) is 38.9 Å². The summed E-state index contributed by atoms with van der Waals surface area (Å²) in [4.78, 5) is 9.99. The summed E-state index contributed by atoms with van der Waals surface area (Å²) in [6.07, 6.45) is 5.33. The summed E-state index contributed by atoms with van der Waals surface area (Å²) in [5.74, 6) is 0.657. The first-order valence-electron chi connectivity index (χ1n) is 7.55. The molecule has 2 heterocycles. The Morgan fingerprint density at radius 3 is 2.78 bits per heavy atom. The molecule has 1 atom stereocenters. The van der Waals surface area contributed by atoms with Crippen molar-refractivity contribution >= 4 is 17.3 Å². The van der Waals surface area contributed by atoms with Crippen molar-refractivity contribution in [3.8, 4) is 0 Å². The summed E-state index contributed by atoms with van der Waals surface area (Å²) in [6, 6.07) is 0. The molecule has 1 unspecified atom stereocenters. The molecule has 0 fully saturated rings. The second-order valence-corrected chi connectivity index (χ2v) is 6.91. The van der Waals surface area contributed by atoms with Crippen LogP contribution in [-0.2, 0) is 19.2 Å². The highest BCUT2D eigenvalue weighted by molar-refractivity contribution is 7.11. The summed E-state index contributed by atoms with van der Waals surface area (Å²) in [7, 11) is 1.83. The average Bonchev–Trinajstić information content (AvgIpc) is 3.11. The lowest BCUT2D eigenvalue weighted by atomic mass is 10.00. The van der Waals surface area contributed by atoms with Crippen LogP contribution in [0.3, 0.4) is 0 Å². The lowest BCUT2D eigenvalue weighted by Gasteiger charge is -2.23. The summed E-state index contributed by atoms with van der Waals surface area (Å²) >= 11 is 1.64. The quantitative estimate of drug-likeness (QED) is 0.544. The van der Waals surface area contributed by atoms with Crippen LogP contribution in [0.1, 0.15) is 29.3 Å². The average molecular weight is 336 g/mol. The van der Waals surface area contributed by atoms with Gasteiger partial charge < -0.3 is 15.7 Å². The fourth-order valence-corrected chi connectivity index (χ4v) is 2.73. The van der Waals surface area contributed by atoms with E-state index in [4.69, 9.17) is 0 Å². The van der Waals surface area contributed by atoms with Gasteiger partial charge in [-0.25, -0.2) is 9.98 Å². The largest absolute Gasteiger partial charge is 0.383 e. The Morgan fingerprint density at radius 2 is 2.22 bits per heavy atom. The van der Waals surface area contributed by atoms with Gasteiger partial charge in [-0.15, -0.1) is 11.3 Å². The van der Waals surface area contributed by atoms with Gasteiger partial charge >= 0.3 is 0 Å². The first-order valence-corrected chi connectivity index (χ1v) is 8.37. The molecular formula is C15H24N6OS. The van der Waals surface area contributed by atoms with Crippen molar-refractivity contribution in [2.45, 2.75) is 32.9 Å². The number of aliphatic hydroxyl groups is 1. The SMILES string of the molecule is CCNC(=NCc1ncc(C)s1)NCC(C)(O)c1cnn(C)c1. The van der Waals surface area contributed by atoms with E-state index >= 15 is 0 Å². The normalized spacial score (nSPS) is 14.6. The molecule has 7 nitrogen and oxygen atoms in total. The van der Waals surface area contributed by atoms with Gasteiger partial charge in [0.05, 0.1) is 19.3 Å². The molecule has 126 valence electrons. The van der Waals surface area contributed by atoms with Crippen molar-refractivity contribution in [3.63, 3.8) is 0 Å². The molecule has 0 aliphatic rings. The van der Waals surface area contributed by atoms with Gasteiger partial charge in [-0.05, 0) is 20.8 Å². The minimum atomic E-state index is -1.03. The molecular weight excluding hydrogens is 312 g/mol. The Bertz CT molecular complexity index is 660. The summed E-state index contributed by atoms with van der Waals surface area (Å²) in [5.41, 5.74) is -0.263. The lowest BCUT2D eigenvalue weighted by Crippen LogP contribution is -2.44. The van der Waals surface area contributed by atoms with Crippen LogP contribution in [0, 0.1) is 6.92 Å². The Kier molecular flexibility index (Phi) is 5.73. The van der Waals surface area contributed by atoms with Crippen molar-refractivity contribution in [3.05, 3.63) is 34.0 Å². The van der Waals surface area contributed by atoms with Gasteiger partial charge in [0.25, 0.3) is 0 Å². The van der Waals surface area contributed by atoms with E-state index in [1.165, 1.54) is 4.88 Å². The van der Waals surface area contributed by atoms with E-state index < -0.39 is 5.60 Å². The van der Waals surface area contributed by atoms with Crippen molar-refractivity contribution in [1.29, 1.82) is 0 Å². The van der Waals surface area contributed by atoms with E-state index in [9.17, 15) is 5.11 Å². The van der Waals surface area contributed by atoms with Gasteiger partial charge in [0.15, 0.2) is 5.96 Å². The first kappa shape index (κ1) is 17.4. The van der Waals surface area contributed by atoms with Crippen LogP contribution in [0.5, 0.6) is 0 Å². The molecule has 8 heteroatoms. The number of nitrogens with one attached hydrogen (secondary N) is 2. The molecule has 3 N–H and O–H groups in total. The van der Waals surface area contributed by atoms with E-state index in [1.54, 1.807) is 29.1 Å². The predicted molar refractivity (Wildman–Crippen MR) is 92.4 cm³/mol. The molecule has 2 aromatic rings. The van der Waals surface area contributed by atoms with Crippen molar-refractivity contribution < 1.29 is 5.11 Å². The minimum Gasteiger partial charge on any atom is -0.383 e. The highest BCUT2D eigenvalue weighted by Crippen LogP contribution is 2.18. The third kappa shape index (κ3) is 5.04.